The number of rotatable bonds is 3. The topological polar surface area (TPSA) is 80.3 Å². The highest BCUT2D eigenvalue weighted by Gasteiger charge is 2.46. The molecule has 31 heavy (non-hydrogen) atoms. The van der Waals surface area contributed by atoms with E-state index in [1.807, 2.05) is 55.4 Å². The number of likely N-dealkylation sites (tertiary alicyclic amines) is 2. The van der Waals surface area contributed by atoms with E-state index in [0.29, 0.717) is 11.5 Å². The van der Waals surface area contributed by atoms with Gasteiger partial charge in [-0.25, -0.2) is 0 Å². The molecule has 8 nitrogen and oxygen atoms in total. The van der Waals surface area contributed by atoms with E-state index < -0.39 is 0 Å². The molecule has 5 rings (SSSR count). The Bertz CT molecular complexity index is 1080. The van der Waals surface area contributed by atoms with Crippen LogP contribution >= 0.6 is 0 Å². The zero-order valence-corrected chi connectivity index (χ0v) is 18.3. The number of hydrogen-bond donors (Lipinski definition) is 0. The van der Waals surface area contributed by atoms with Crippen molar-refractivity contribution in [3.63, 3.8) is 0 Å². The number of piperidine rings is 1. The summed E-state index contributed by atoms with van der Waals surface area (Å²) in [4.78, 5) is 22.0. The zero-order chi connectivity index (χ0) is 21.6. The predicted molar refractivity (Wildman–Crippen MR) is 115 cm³/mol. The Hall–Kier alpha value is -3.00. The molecule has 0 saturated carbocycles. The van der Waals surface area contributed by atoms with Gasteiger partial charge in [0.05, 0.1) is 17.3 Å². The van der Waals surface area contributed by atoms with Crippen molar-refractivity contribution < 1.29 is 9.32 Å². The van der Waals surface area contributed by atoms with Crippen LogP contribution in [0, 0.1) is 12.3 Å². The largest absolute Gasteiger partial charge is 0.339 e. The van der Waals surface area contributed by atoms with Gasteiger partial charge < -0.3 is 9.42 Å². The number of benzene rings is 1. The molecule has 8 heteroatoms. The van der Waals surface area contributed by atoms with Crippen LogP contribution in [0.4, 0.5) is 0 Å². The fourth-order valence-corrected chi connectivity index (χ4v) is 5.15. The Balaban J connectivity index is 1.26. The first-order chi connectivity index (χ1) is 14.9. The van der Waals surface area contributed by atoms with E-state index in [4.69, 9.17) is 9.51 Å². The summed E-state index contributed by atoms with van der Waals surface area (Å²) < 4.78 is 7.26. The summed E-state index contributed by atoms with van der Waals surface area (Å²) in [6, 6.07) is 10.0. The van der Waals surface area contributed by atoms with Gasteiger partial charge in [0.15, 0.2) is 5.82 Å². The lowest BCUT2D eigenvalue weighted by Gasteiger charge is -2.39. The molecule has 2 aromatic heterocycles. The molecule has 1 atom stereocenters. The molecule has 1 spiro atoms. The van der Waals surface area contributed by atoms with Crippen molar-refractivity contribution in [2.75, 3.05) is 26.7 Å². The quantitative estimate of drug-likeness (QED) is 0.648. The maximum absolute atomic E-state index is 13.0. The van der Waals surface area contributed by atoms with E-state index in [1.165, 1.54) is 0 Å². The van der Waals surface area contributed by atoms with Crippen LogP contribution in [0.5, 0.6) is 0 Å². The van der Waals surface area contributed by atoms with Crippen molar-refractivity contribution in [3.05, 3.63) is 53.6 Å². The third kappa shape index (κ3) is 3.65. The molecular weight excluding hydrogens is 392 g/mol. The normalized spacial score (nSPS) is 21.1. The summed E-state index contributed by atoms with van der Waals surface area (Å²) in [6.45, 7) is 4.43. The Morgan fingerprint density at radius 2 is 1.90 bits per heavy atom. The molecule has 0 radical (unpaired) electrons. The number of aryl methyl sites for hydroxylation is 2. The first kappa shape index (κ1) is 19.9. The van der Waals surface area contributed by atoms with Gasteiger partial charge in [0.25, 0.3) is 11.8 Å². The summed E-state index contributed by atoms with van der Waals surface area (Å²) >= 11 is 0. The van der Waals surface area contributed by atoms with Crippen LogP contribution in [0.2, 0.25) is 0 Å². The molecule has 3 aromatic rings. The third-order valence-corrected chi connectivity index (χ3v) is 6.86. The van der Waals surface area contributed by atoms with Crippen molar-refractivity contribution >= 4 is 5.91 Å². The number of nitrogens with zero attached hydrogens (tertiary/aromatic N) is 6. The lowest BCUT2D eigenvalue weighted by molar-refractivity contribution is 0.0592. The average molecular weight is 421 g/mol. The molecule has 2 fully saturated rings. The van der Waals surface area contributed by atoms with Crippen molar-refractivity contribution in [1.29, 1.82) is 0 Å². The summed E-state index contributed by atoms with van der Waals surface area (Å²) in [7, 11) is 3.99. The van der Waals surface area contributed by atoms with Crippen molar-refractivity contribution in [3.8, 4) is 11.5 Å². The minimum absolute atomic E-state index is 0.0917. The Morgan fingerprint density at radius 1 is 1.16 bits per heavy atom. The van der Waals surface area contributed by atoms with Gasteiger partial charge in [-0.3, -0.25) is 14.4 Å². The highest BCUT2D eigenvalue weighted by Crippen LogP contribution is 2.48. The van der Waals surface area contributed by atoms with Gasteiger partial charge in [-0.15, -0.1) is 0 Å². The molecule has 2 aliphatic heterocycles. The summed E-state index contributed by atoms with van der Waals surface area (Å²) in [5, 5.41) is 8.61. The lowest BCUT2D eigenvalue weighted by Crippen LogP contribution is -2.44. The van der Waals surface area contributed by atoms with Crippen molar-refractivity contribution in [2.45, 2.75) is 32.2 Å². The molecule has 0 N–H and O–H groups in total. The smallest absolute Gasteiger partial charge is 0.257 e. The highest BCUT2D eigenvalue weighted by molar-refractivity contribution is 5.95. The Morgan fingerprint density at radius 3 is 2.58 bits per heavy atom. The minimum atomic E-state index is 0.0917. The molecule has 162 valence electrons. The second kappa shape index (κ2) is 7.60. The second-order valence-corrected chi connectivity index (χ2v) is 9.05. The molecule has 1 amide bonds. The fraction of sp³-hybridized carbons (Fsp3) is 0.478. The van der Waals surface area contributed by atoms with Crippen LogP contribution in [-0.2, 0) is 7.05 Å². The van der Waals surface area contributed by atoms with Gasteiger partial charge in [0.1, 0.15) is 0 Å². The average Bonchev–Trinajstić information content (AvgIpc) is 3.46. The van der Waals surface area contributed by atoms with E-state index in [1.54, 1.807) is 4.68 Å². The first-order valence-corrected chi connectivity index (χ1v) is 10.8. The maximum Gasteiger partial charge on any atom is 0.257 e. The first-order valence-electron chi connectivity index (χ1n) is 10.8. The molecule has 2 aliphatic rings. The Labute approximate surface area is 181 Å². The monoisotopic (exact) mass is 420 g/mol. The van der Waals surface area contributed by atoms with Crippen LogP contribution in [0.3, 0.4) is 0 Å². The molecule has 0 bridgehead atoms. The van der Waals surface area contributed by atoms with Gasteiger partial charge in [-0.05, 0) is 50.8 Å². The minimum Gasteiger partial charge on any atom is -0.339 e. The molecule has 4 heterocycles. The second-order valence-electron chi connectivity index (χ2n) is 9.05. The predicted octanol–water partition coefficient (Wildman–Crippen LogP) is 3.08. The summed E-state index contributed by atoms with van der Waals surface area (Å²) in [6.07, 6.45) is 4.79. The van der Waals surface area contributed by atoms with Gasteiger partial charge >= 0.3 is 0 Å². The van der Waals surface area contributed by atoms with Crippen molar-refractivity contribution in [1.82, 2.24) is 29.7 Å². The molecule has 1 aromatic carbocycles. The van der Waals surface area contributed by atoms with E-state index in [0.717, 1.165) is 56.0 Å². The van der Waals surface area contributed by atoms with Crippen LogP contribution < -0.4 is 0 Å². The lowest BCUT2D eigenvalue weighted by atomic mass is 9.76. The van der Waals surface area contributed by atoms with Crippen LogP contribution in [-0.4, -0.2) is 62.3 Å². The molecule has 0 aliphatic carbocycles. The number of aromatic nitrogens is 4. The number of carbonyl (C=O) groups is 1. The number of carbonyl (C=O) groups excluding carboxylic acids is 1. The molecular formula is C23H28N6O2. The van der Waals surface area contributed by atoms with E-state index in [2.05, 4.69) is 22.2 Å². The van der Waals surface area contributed by atoms with Gasteiger partial charge in [0, 0.05) is 38.4 Å². The van der Waals surface area contributed by atoms with Crippen LogP contribution in [0.1, 0.15) is 47.2 Å². The zero-order valence-electron chi connectivity index (χ0n) is 18.3. The van der Waals surface area contributed by atoms with Crippen LogP contribution in [0.15, 0.2) is 41.1 Å². The van der Waals surface area contributed by atoms with Gasteiger partial charge in [-0.2, -0.15) is 10.1 Å². The maximum atomic E-state index is 13.0. The van der Waals surface area contributed by atoms with Gasteiger partial charge in [0.2, 0.25) is 0 Å². The Kier molecular flexibility index (Phi) is 4.89. The van der Waals surface area contributed by atoms with E-state index >= 15 is 0 Å². The van der Waals surface area contributed by atoms with Crippen LogP contribution in [0.25, 0.3) is 11.5 Å². The highest BCUT2D eigenvalue weighted by atomic mass is 16.5. The van der Waals surface area contributed by atoms with Crippen molar-refractivity contribution in [2.24, 2.45) is 12.5 Å². The van der Waals surface area contributed by atoms with E-state index in [9.17, 15) is 4.79 Å². The molecule has 2 saturated heterocycles. The molecule has 1 unspecified atom stereocenters. The fourth-order valence-electron chi connectivity index (χ4n) is 5.15. The number of amides is 1. The third-order valence-electron chi connectivity index (χ3n) is 6.86. The summed E-state index contributed by atoms with van der Waals surface area (Å²) in [5.41, 5.74) is 2.63. The van der Waals surface area contributed by atoms with E-state index in [-0.39, 0.29) is 17.4 Å². The number of hydrogen-bond acceptors (Lipinski definition) is 6. The SMILES string of the molecule is Cc1nn(C)cc1C(=O)N1CCC2(CC1)CC(c1noc(-c3ccccc3)n1)N(C)C2. The standard InChI is InChI=1S/C23H28N6O2/c1-16-18(14-28(3)25-16)22(30)29-11-9-23(10-12-29)13-19(27(2)15-23)20-24-21(31-26-20)17-7-5-4-6-8-17/h4-8,14,19H,9-13,15H2,1-3H3. The van der Waals surface area contributed by atoms with Gasteiger partial charge in [-0.1, -0.05) is 23.4 Å². The summed E-state index contributed by atoms with van der Waals surface area (Å²) in [5.74, 6) is 1.41.